The van der Waals surface area contributed by atoms with Gasteiger partial charge in [-0.1, -0.05) is 41.9 Å². The maximum absolute atomic E-state index is 11.3. The number of hydrogen-bond acceptors (Lipinski definition) is 2. The van der Waals surface area contributed by atoms with E-state index in [1.54, 1.807) is 0 Å². The van der Waals surface area contributed by atoms with Gasteiger partial charge in [0.25, 0.3) is 5.24 Å². The normalized spacial score (nSPS) is 10.1. The van der Waals surface area contributed by atoms with Crippen LogP contribution in [-0.2, 0) is 0 Å². The van der Waals surface area contributed by atoms with Crippen molar-refractivity contribution in [3.8, 4) is 11.1 Å². The van der Waals surface area contributed by atoms with Crippen LogP contribution in [0, 0.1) is 0 Å². The molecule has 16 heavy (non-hydrogen) atoms. The maximum Gasteiger partial charge on any atom is 0.254 e. The van der Waals surface area contributed by atoms with E-state index in [9.17, 15) is 4.79 Å². The van der Waals surface area contributed by atoms with Crippen molar-refractivity contribution >= 4 is 28.4 Å². The van der Waals surface area contributed by atoms with Gasteiger partial charge in [0, 0.05) is 18.0 Å². The van der Waals surface area contributed by atoms with Crippen molar-refractivity contribution < 1.29 is 4.79 Å². The molecule has 0 saturated heterocycles. The van der Waals surface area contributed by atoms with Gasteiger partial charge in [0.2, 0.25) is 0 Å². The molecule has 0 aliphatic rings. The molecule has 0 unspecified atom stereocenters. The average Bonchev–Trinajstić information content (AvgIpc) is 2.29. The Morgan fingerprint density at radius 1 is 1.12 bits per heavy atom. The predicted octanol–water partition coefficient (Wildman–Crippen LogP) is 3.78. The predicted molar refractivity (Wildman–Crippen MR) is 64.9 cm³/mol. The van der Waals surface area contributed by atoms with Crippen molar-refractivity contribution in [2.24, 2.45) is 0 Å². The Morgan fingerprint density at radius 3 is 2.44 bits per heavy atom. The summed E-state index contributed by atoms with van der Waals surface area (Å²) in [6.45, 7) is 0. The molecule has 0 fully saturated rings. The Bertz CT molecular complexity index is 526. The number of aromatic nitrogens is 1. The highest BCUT2D eigenvalue weighted by molar-refractivity contribution is 6.68. The fourth-order valence-corrected chi connectivity index (χ4v) is 1.89. The van der Waals surface area contributed by atoms with Crippen molar-refractivity contribution in [3.63, 3.8) is 0 Å². The van der Waals surface area contributed by atoms with Crippen molar-refractivity contribution in [2.75, 3.05) is 0 Å². The second-order valence-corrected chi connectivity index (χ2v) is 3.93. The Labute approximate surface area is 103 Å². The van der Waals surface area contributed by atoms with Crippen molar-refractivity contribution in [1.29, 1.82) is 0 Å². The highest BCUT2D eigenvalue weighted by Crippen LogP contribution is 2.31. The van der Waals surface area contributed by atoms with Gasteiger partial charge in [0.1, 0.15) is 0 Å². The van der Waals surface area contributed by atoms with Gasteiger partial charge in [-0.3, -0.25) is 9.78 Å². The second kappa shape index (κ2) is 4.64. The van der Waals surface area contributed by atoms with E-state index in [2.05, 4.69) is 4.98 Å². The van der Waals surface area contributed by atoms with Crippen LogP contribution < -0.4 is 0 Å². The Balaban J connectivity index is 2.68. The second-order valence-electron chi connectivity index (χ2n) is 3.18. The molecule has 0 aliphatic carbocycles. The number of pyridine rings is 1. The van der Waals surface area contributed by atoms with E-state index < -0.39 is 5.24 Å². The maximum atomic E-state index is 11.3. The summed E-state index contributed by atoms with van der Waals surface area (Å²) in [4.78, 5) is 15.1. The van der Waals surface area contributed by atoms with Crippen LogP contribution in [0.3, 0.4) is 0 Å². The third-order valence-electron chi connectivity index (χ3n) is 2.17. The van der Waals surface area contributed by atoms with E-state index in [0.29, 0.717) is 16.1 Å². The lowest BCUT2D eigenvalue weighted by atomic mass is 10.0. The molecule has 0 amide bonds. The van der Waals surface area contributed by atoms with Crippen LogP contribution in [0.2, 0.25) is 5.02 Å². The van der Waals surface area contributed by atoms with Crippen LogP contribution in [0.5, 0.6) is 0 Å². The van der Waals surface area contributed by atoms with Crippen LogP contribution in [0.1, 0.15) is 10.4 Å². The third-order valence-corrected chi connectivity index (χ3v) is 2.66. The summed E-state index contributed by atoms with van der Waals surface area (Å²) < 4.78 is 0. The van der Waals surface area contributed by atoms with E-state index in [4.69, 9.17) is 23.2 Å². The van der Waals surface area contributed by atoms with Gasteiger partial charge >= 0.3 is 0 Å². The summed E-state index contributed by atoms with van der Waals surface area (Å²) in [5, 5.41) is -0.147. The number of halogens is 2. The summed E-state index contributed by atoms with van der Waals surface area (Å²) in [6, 6.07) is 9.36. The SMILES string of the molecule is O=C(Cl)c1cncc(Cl)c1-c1ccccc1. The fourth-order valence-electron chi connectivity index (χ4n) is 1.48. The Hall–Kier alpha value is -1.38. The Kier molecular flexibility index (Phi) is 3.22. The number of nitrogens with zero attached hydrogens (tertiary/aromatic N) is 1. The number of hydrogen-bond donors (Lipinski definition) is 0. The number of rotatable bonds is 2. The van der Waals surface area contributed by atoms with Gasteiger partial charge < -0.3 is 0 Å². The zero-order chi connectivity index (χ0) is 11.5. The van der Waals surface area contributed by atoms with E-state index >= 15 is 0 Å². The lowest BCUT2D eigenvalue weighted by molar-refractivity contribution is 0.108. The van der Waals surface area contributed by atoms with Crippen LogP contribution >= 0.6 is 23.2 Å². The summed E-state index contributed by atoms with van der Waals surface area (Å²) >= 11 is 11.5. The van der Waals surface area contributed by atoms with Crippen molar-refractivity contribution in [3.05, 3.63) is 53.3 Å². The van der Waals surface area contributed by atoms with Gasteiger partial charge in [-0.2, -0.15) is 0 Å². The summed E-state index contributed by atoms with van der Waals surface area (Å²) in [5.41, 5.74) is 1.79. The first-order valence-electron chi connectivity index (χ1n) is 4.59. The quantitative estimate of drug-likeness (QED) is 0.761. The number of carbonyl (C=O) groups is 1. The molecule has 2 rings (SSSR count). The molecular weight excluding hydrogens is 245 g/mol. The molecule has 2 nitrogen and oxygen atoms in total. The molecule has 1 aromatic carbocycles. The molecule has 1 heterocycles. The molecule has 2 aromatic rings. The van der Waals surface area contributed by atoms with Gasteiger partial charge in [0.15, 0.2) is 0 Å². The molecule has 0 radical (unpaired) electrons. The summed E-state index contributed by atoms with van der Waals surface area (Å²) in [7, 11) is 0. The first-order chi connectivity index (χ1) is 7.70. The van der Waals surface area contributed by atoms with E-state index in [1.165, 1.54) is 12.4 Å². The highest BCUT2D eigenvalue weighted by Gasteiger charge is 2.14. The van der Waals surface area contributed by atoms with Gasteiger partial charge in [-0.25, -0.2) is 0 Å². The highest BCUT2D eigenvalue weighted by atomic mass is 35.5. The molecule has 0 N–H and O–H groups in total. The molecular formula is C12H7Cl2NO. The van der Waals surface area contributed by atoms with Gasteiger partial charge in [-0.05, 0) is 17.2 Å². The molecule has 1 aromatic heterocycles. The first-order valence-corrected chi connectivity index (χ1v) is 5.34. The zero-order valence-corrected chi connectivity index (χ0v) is 9.66. The molecule has 0 saturated carbocycles. The molecule has 0 spiro atoms. The topological polar surface area (TPSA) is 30.0 Å². The third kappa shape index (κ3) is 2.08. The summed E-state index contributed by atoms with van der Waals surface area (Å²) in [5.74, 6) is 0. The van der Waals surface area contributed by atoms with Crippen molar-refractivity contribution in [1.82, 2.24) is 4.98 Å². The van der Waals surface area contributed by atoms with Crippen LogP contribution in [0.15, 0.2) is 42.7 Å². The first kappa shape index (κ1) is 11.1. The smallest absolute Gasteiger partial charge is 0.254 e. The Morgan fingerprint density at radius 2 is 1.81 bits per heavy atom. The number of benzene rings is 1. The molecule has 0 bridgehead atoms. The van der Waals surface area contributed by atoms with Gasteiger partial charge in [-0.15, -0.1) is 0 Å². The van der Waals surface area contributed by atoms with Crippen LogP contribution in [0.4, 0.5) is 0 Å². The molecule has 0 aliphatic heterocycles. The minimum absolute atomic E-state index is 0.320. The monoisotopic (exact) mass is 251 g/mol. The lowest BCUT2D eigenvalue weighted by Gasteiger charge is -2.07. The molecule has 0 atom stereocenters. The lowest BCUT2D eigenvalue weighted by Crippen LogP contribution is -1.95. The average molecular weight is 252 g/mol. The minimum atomic E-state index is -0.561. The largest absolute Gasteiger partial charge is 0.276 e. The number of carbonyl (C=O) groups excluding carboxylic acids is 1. The minimum Gasteiger partial charge on any atom is -0.276 e. The van der Waals surface area contributed by atoms with E-state index in [0.717, 1.165) is 5.56 Å². The van der Waals surface area contributed by atoms with Crippen LogP contribution in [0.25, 0.3) is 11.1 Å². The van der Waals surface area contributed by atoms with Crippen LogP contribution in [-0.4, -0.2) is 10.2 Å². The molecule has 80 valence electrons. The van der Waals surface area contributed by atoms with Gasteiger partial charge in [0.05, 0.1) is 10.6 Å². The van der Waals surface area contributed by atoms with E-state index in [1.807, 2.05) is 30.3 Å². The van der Waals surface area contributed by atoms with E-state index in [-0.39, 0.29) is 0 Å². The standard InChI is InChI=1S/C12H7Cl2NO/c13-10-7-15-6-9(12(14)16)11(10)8-4-2-1-3-5-8/h1-7H. The van der Waals surface area contributed by atoms with Crippen molar-refractivity contribution in [2.45, 2.75) is 0 Å². The molecule has 4 heteroatoms. The zero-order valence-electron chi connectivity index (χ0n) is 8.15. The summed E-state index contributed by atoms with van der Waals surface area (Å²) in [6.07, 6.45) is 2.91. The fraction of sp³-hybridized carbons (Fsp3) is 0.